The van der Waals surface area contributed by atoms with Gasteiger partial charge in [-0.25, -0.2) is 0 Å². The summed E-state index contributed by atoms with van der Waals surface area (Å²) in [6.45, 7) is 3.69. The molecule has 0 aliphatic rings. The maximum Gasteiger partial charge on any atom is 0.266 e. The Morgan fingerprint density at radius 2 is 1.77 bits per heavy atom. The van der Waals surface area contributed by atoms with Crippen LogP contribution < -0.4 is 20.1 Å². The molecule has 0 atom stereocenters. The highest BCUT2D eigenvalue weighted by molar-refractivity contribution is 6.30. The van der Waals surface area contributed by atoms with Gasteiger partial charge in [-0.15, -0.1) is 0 Å². The van der Waals surface area contributed by atoms with Crippen molar-refractivity contribution in [2.45, 2.75) is 13.8 Å². The first-order valence-electron chi connectivity index (χ1n) is 10.7. The standard InChI is InChI=1S/C27H24ClN3O4/c1-17-5-4-6-23(18(17)2)31-26(32)16-35-24-12-7-19(14-25(24)34-3)13-20(15-29)27(33)30-22-10-8-21(28)9-11-22/h4-14H,16H2,1-3H3,(H,30,33)(H,31,32)/b20-13-. The first-order valence-corrected chi connectivity index (χ1v) is 11.0. The minimum absolute atomic E-state index is 0.0939. The van der Waals surface area contributed by atoms with Crippen LogP contribution in [-0.2, 0) is 9.59 Å². The number of nitriles is 1. The summed E-state index contributed by atoms with van der Waals surface area (Å²) >= 11 is 5.85. The predicted molar refractivity (Wildman–Crippen MR) is 137 cm³/mol. The Balaban J connectivity index is 1.68. The van der Waals surface area contributed by atoms with Crippen LogP contribution in [0.4, 0.5) is 11.4 Å². The molecule has 0 saturated carbocycles. The molecule has 7 nitrogen and oxygen atoms in total. The van der Waals surface area contributed by atoms with Crippen LogP contribution in [0, 0.1) is 25.2 Å². The Bertz CT molecular complexity index is 1310. The number of carbonyl (C=O) groups is 2. The van der Waals surface area contributed by atoms with Crippen molar-refractivity contribution in [3.63, 3.8) is 0 Å². The van der Waals surface area contributed by atoms with Crippen LogP contribution in [0.25, 0.3) is 6.08 Å². The molecule has 2 amide bonds. The van der Waals surface area contributed by atoms with Crippen molar-refractivity contribution in [2.24, 2.45) is 0 Å². The average molecular weight is 490 g/mol. The lowest BCUT2D eigenvalue weighted by molar-refractivity contribution is -0.118. The highest BCUT2D eigenvalue weighted by Crippen LogP contribution is 2.29. The second kappa shape index (κ2) is 11.7. The summed E-state index contributed by atoms with van der Waals surface area (Å²) in [7, 11) is 1.46. The van der Waals surface area contributed by atoms with E-state index < -0.39 is 5.91 Å². The summed E-state index contributed by atoms with van der Waals surface area (Å²) in [4.78, 5) is 24.9. The fraction of sp³-hybridized carbons (Fsp3) is 0.148. The van der Waals surface area contributed by atoms with Gasteiger partial charge in [-0.1, -0.05) is 29.8 Å². The molecule has 0 aliphatic carbocycles. The molecule has 0 radical (unpaired) electrons. The molecular formula is C27H24ClN3O4. The van der Waals surface area contributed by atoms with Gasteiger partial charge in [0.1, 0.15) is 11.6 Å². The van der Waals surface area contributed by atoms with Gasteiger partial charge in [0, 0.05) is 16.4 Å². The number of rotatable bonds is 8. The number of halogens is 1. The minimum atomic E-state index is -0.558. The minimum Gasteiger partial charge on any atom is -0.493 e. The van der Waals surface area contributed by atoms with E-state index >= 15 is 0 Å². The number of benzene rings is 3. The lowest BCUT2D eigenvalue weighted by Crippen LogP contribution is -2.21. The average Bonchev–Trinajstić information content (AvgIpc) is 2.85. The summed E-state index contributed by atoms with van der Waals surface area (Å²) < 4.78 is 11.0. The van der Waals surface area contributed by atoms with Gasteiger partial charge < -0.3 is 20.1 Å². The molecule has 0 heterocycles. The third kappa shape index (κ3) is 6.85. The largest absolute Gasteiger partial charge is 0.493 e. The second-order valence-electron chi connectivity index (χ2n) is 7.63. The number of methoxy groups -OCH3 is 1. The van der Waals surface area contributed by atoms with Gasteiger partial charge in [-0.05, 0) is 79.1 Å². The zero-order chi connectivity index (χ0) is 25.4. The summed E-state index contributed by atoms with van der Waals surface area (Å²) in [5, 5.41) is 15.5. The van der Waals surface area contributed by atoms with E-state index in [0.29, 0.717) is 27.8 Å². The molecule has 35 heavy (non-hydrogen) atoms. The monoisotopic (exact) mass is 489 g/mol. The normalized spacial score (nSPS) is 10.8. The number of aryl methyl sites for hydroxylation is 1. The van der Waals surface area contributed by atoms with Crippen LogP contribution in [0.5, 0.6) is 11.5 Å². The molecule has 0 spiro atoms. The molecule has 2 N–H and O–H groups in total. The van der Waals surface area contributed by atoms with E-state index in [-0.39, 0.29) is 18.1 Å². The molecular weight excluding hydrogens is 466 g/mol. The van der Waals surface area contributed by atoms with Crippen molar-refractivity contribution in [3.8, 4) is 17.6 Å². The molecule has 3 aromatic rings. The zero-order valence-electron chi connectivity index (χ0n) is 19.5. The number of nitrogens with one attached hydrogen (secondary N) is 2. The van der Waals surface area contributed by atoms with E-state index in [2.05, 4.69) is 10.6 Å². The Labute approximate surface area is 208 Å². The predicted octanol–water partition coefficient (Wildman–Crippen LogP) is 5.53. The van der Waals surface area contributed by atoms with Crippen molar-refractivity contribution >= 4 is 40.9 Å². The van der Waals surface area contributed by atoms with Crippen LogP contribution in [0.2, 0.25) is 5.02 Å². The molecule has 3 rings (SSSR count). The molecule has 0 fully saturated rings. The van der Waals surface area contributed by atoms with Gasteiger partial charge in [0.25, 0.3) is 11.8 Å². The van der Waals surface area contributed by atoms with Crippen molar-refractivity contribution in [3.05, 3.63) is 87.9 Å². The van der Waals surface area contributed by atoms with Crippen molar-refractivity contribution in [1.29, 1.82) is 5.26 Å². The third-order valence-corrected chi connectivity index (χ3v) is 5.46. The van der Waals surface area contributed by atoms with Gasteiger partial charge in [0.2, 0.25) is 0 Å². The first-order chi connectivity index (χ1) is 16.8. The van der Waals surface area contributed by atoms with E-state index in [1.54, 1.807) is 42.5 Å². The second-order valence-corrected chi connectivity index (χ2v) is 8.06. The van der Waals surface area contributed by atoms with Crippen molar-refractivity contribution in [2.75, 3.05) is 24.4 Å². The van der Waals surface area contributed by atoms with Gasteiger partial charge in [0.15, 0.2) is 18.1 Å². The Morgan fingerprint density at radius 3 is 2.46 bits per heavy atom. The van der Waals surface area contributed by atoms with Crippen LogP contribution in [0.15, 0.2) is 66.2 Å². The number of ether oxygens (including phenoxy) is 2. The lowest BCUT2D eigenvalue weighted by atomic mass is 10.1. The van der Waals surface area contributed by atoms with Gasteiger partial charge in [0.05, 0.1) is 7.11 Å². The number of carbonyl (C=O) groups excluding carboxylic acids is 2. The summed E-state index contributed by atoms with van der Waals surface area (Å²) in [6, 6.07) is 19.0. The Kier molecular flexibility index (Phi) is 8.49. The number of hydrogen-bond donors (Lipinski definition) is 2. The topological polar surface area (TPSA) is 100 Å². The molecule has 8 heteroatoms. The Morgan fingerprint density at radius 1 is 1.03 bits per heavy atom. The summed E-state index contributed by atoms with van der Waals surface area (Å²) in [5.74, 6) is -0.161. The molecule has 178 valence electrons. The quantitative estimate of drug-likeness (QED) is 0.320. The van der Waals surface area contributed by atoms with Crippen LogP contribution in [0.1, 0.15) is 16.7 Å². The van der Waals surface area contributed by atoms with Crippen LogP contribution in [-0.4, -0.2) is 25.5 Å². The fourth-order valence-corrected chi connectivity index (χ4v) is 3.28. The number of hydrogen-bond acceptors (Lipinski definition) is 5. The molecule has 3 aromatic carbocycles. The van der Waals surface area contributed by atoms with Crippen molar-refractivity contribution in [1.82, 2.24) is 0 Å². The SMILES string of the molecule is COc1cc(/C=C(/C#N)C(=O)Nc2ccc(Cl)cc2)ccc1OCC(=O)Nc1cccc(C)c1C. The van der Waals surface area contributed by atoms with E-state index in [9.17, 15) is 14.9 Å². The molecule has 0 aromatic heterocycles. The number of anilines is 2. The molecule has 0 bridgehead atoms. The summed E-state index contributed by atoms with van der Waals surface area (Å²) in [5.41, 5.74) is 3.77. The van der Waals surface area contributed by atoms with E-state index in [0.717, 1.165) is 16.8 Å². The Hall–Kier alpha value is -4.28. The van der Waals surface area contributed by atoms with Gasteiger partial charge in [-0.3, -0.25) is 9.59 Å². The molecule has 0 unspecified atom stereocenters. The maximum absolute atomic E-state index is 12.5. The summed E-state index contributed by atoms with van der Waals surface area (Å²) in [6.07, 6.45) is 1.44. The zero-order valence-corrected chi connectivity index (χ0v) is 20.3. The van der Waals surface area contributed by atoms with Crippen LogP contribution >= 0.6 is 11.6 Å². The highest BCUT2D eigenvalue weighted by atomic mass is 35.5. The van der Waals surface area contributed by atoms with Gasteiger partial charge in [-0.2, -0.15) is 5.26 Å². The van der Waals surface area contributed by atoms with Gasteiger partial charge >= 0.3 is 0 Å². The molecule has 0 aliphatic heterocycles. The number of amides is 2. The smallest absolute Gasteiger partial charge is 0.266 e. The van der Waals surface area contributed by atoms with E-state index in [4.69, 9.17) is 21.1 Å². The van der Waals surface area contributed by atoms with E-state index in [1.807, 2.05) is 38.1 Å². The maximum atomic E-state index is 12.5. The third-order valence-electron chi connectivity index (χ3n) is 5.20. The first kappa shape index (κ1) is 25.3. The molecule has 0 saturated heterocycles. The van der Waals surface area contributed by atoms with Crippen molar-refractivity contribution < 1.29 is 19.1 Å². The number of nitrogens with zero attached hydrogens (tertiary/aromatic N) is 1. The highest BCUT2D eigenvalue weighted by Gasteiger charge is 2.13. The lowest BCUT2D eigenvalue weighted by Gasteiger charge is -2.13. The fourth-order valence-electron chi connectivity index (χ4n) is 3.16. The van der Waals surface area contributed by atoms with Crippen LogP contribution in [0.3, 0.4) is 0 Å². The van der Waals surface area contributed by atoms with E-state index in [1.165, 1.54) is 13.2 Å².